The lowest BCUT2D eigenvalue weighted by Crippen LogP contribution is -2.16. The minimum absolute atomic E-state index is 0.111. The molecule has 0 saturated carbocycles. The van der Waals surface area contributed by atoms with Gasteiger partial charge < -0.3 is 4.90 Å². The maximum Gasteiger partial charge on any atom is 0.137 e. The number of anilines is 6. The van der Waals surface area contributed by atoms with Gasteiger partial charge in [-0.05, 0) is 92.8 Å². The van der Waals surface area contributed by atoms with E-state index in [0.29, 0.717) is 0 Å². The smallest absolute Gasteiger partial charge is 0.137 e. The Kier molecular flexibility index (Phi) is 6.53. The largest absolute Gasteiger partial charge is 0.310 e. The van der Waals surface area contributed by atoms with Gasteiger partial charge in [-0.3, -0.25) is 4.90 Å². The average molecular weight is 654 g/mol. The van der Waals surface area contributed by atoms with Crippen molar-refractivity contribution in [3.8, 4) is 11.1 Å². The molecule has 8 aromatic carbocycles. The maximum atomic E-state index is 4.98. The van der Waals surface area contributed by atoms with E-state index in [1.54, 1.807) is 0 Å². The van der Waals surface area contributed by atoms with Gasteiger partial charge in [-0.2, -0.15) is 0 Å². The Morgan fingerprint density at radius 1 is 0.431 bits per heavy atom. The molecule has 0 bridgehead atoms. The number of benzene rings is 8. The molecule has 0 unspecified atom stereocenters. The molecule has 242 valence electrons. The lowest BCUT2D eigenvalue weighted by molar-refractivity contribution is 0.660. The second-order valence-electron chi connectivity index (χ2n) is 14.0. The van der Waals surface area contributed by atoms with Crippen LogP contribution in [0.15, 0.2) is 176 Å². The zero-order valence-corrected chi connectivity index (χ0v) is 28.6. The predicted octanol–water partition coefficient (Wildman–Crippen LogP) is 13.2. The fraction of sp³-hybridized carbons (Fsp3) is 0.0625. The van der Waals surface area contributed by atoms with E-state index in [-0.39, 0.29) is 5.41 Å². The molecule has 10 rings (SSSR count). The Labute approximate surface area is 298 Å². The van der Waals surface area contributed by atoms with Gasteiger partial charge in [0.2, 0.25) is 0 Å². The highest BCUT2D eigenvalue weighted by molar-refractivity contribution is 6.28. The third kappa shape index (κ3) is 4.41. The van der Waals surface area contributed by atoms with Crippen LogP contribution in [0.2, 0.25) is 0 Å². The number of fused-ring (bicyclic) bond motifs is 3. The minimum atomic E-state index is -0.111. The predicted molar refractivity (Wildman–Crippen MR) is 215 cm³/mol. The summed E-state index contributed by atoms with van der Waals surface area (Å²) in [7, 11) is 0. The van der Waals surface area contributed by atoms with E-state index in [1.165, 1.54) is 54.6 Å². The molecule has 0 radical (unpaired) electrons. The van der Waals surface area contributed by atoms with Crippen LogP contribution in [0.5, 0.6) is 0 Å². The van der Waals surface area contributed by atoms with Crippen molar-refractivity contribution in [1.29, 1.82) is 0 Å². The molecule has 0 saturated heterocycles. The molecule has 1 aliphatic rings. The van der Waals surface area contributed by atoms with Crippen LogP contribution in [0.25, 0.3) is 43.4 Å². The maximum absolute atomic E-state index is 4.98. The first-order valence-corrected chi connectivity index (χ1v) is 17.6. The molecule has 0 atom stereocenters. The summed E-state index contributed by atoms with van der Waals surface area (Å²) in [5.74, 6) is 0.892. The molecule has 0 amide bonds. The van der Waals surface area contributed by atoms with Crippen LogP contribution in [-0.4, -0.2) is 4.98 Å². The van der Waals surface area contributed by atoms with Gasteiger partial charge in [0.05, 0.1) is 17.1 Å². The van der Waals surface area contributed by atoms with Gasteiger partial charge in [-0.1, -0.05) is 129 Å². The fourth-order valence-electron chi connectivity index (χ4n) is 8.53. The summed E-state index contributed by atoms with van der Waals surface area (Å²) in [5.41, 5.74) is 10.8. The molecule has 0 N–H and O–H groups in total. The summed E-state index contributed by atoms with van der Waals surface area (Å²) in [6.45, 7) is 4.68. The van der Waals surface area contributed by atoms with Crippen molar-refractivity contribution in [3.63, 3.8) is 0 Å². The first-order valence-electron chi connectivity index (χ1n) is 17.6. The summed E-state index contributed by atoms with van der Waals surface area (Å²) in [4.78, 5) is 9.74. The van der Waals surface area contributed by atoms with Crippen LogP contribution < -0.4 is 9.80 Å². The minimum Gasteiger partial charge on any atom is -0.310 e. The number of hydrogen-bond donors (Lipinski definition) is 0. The zero-order valence-electron chi connectivity index (χ0n) is 28.6. The normalized spacial score (nSPS) is 13.1. The Morgan fingerprint density at radius 2 is 0.980 bits per heavy atom. The van der Waals surface area contributed by atoms with E-state index in [2.05, 4.69) is 187 Å². The van der Waals surface area contributed by atoms with E-state index in [1.807, 2.05) is 12.3 Å². The Balaban J connectivity index is 1.26. The molecule has 0 fully saturated rings. The standard InChI is InChI=1S/C48H35N3/c1-48(2)39-19-10-9-18-36(39)47-40(48)20-13-21-43(47)51(44-22-11-12-31-49-44)42-30-26-33-23-27-37-41(29-25-32-24-28-38(42)46(33)45(32)37)50(34-14-5-3-6-15-34)35-16-7-4-8-17-35/h3-31H,1-2H3. The van der Waals surface area contributed by atoms with Gasteiger partial charge in [0, 0.05) is 39.3 Å². The van der Waals surface area contributed by atoms with Gasteiger partial charge in [-0.25, -0.2) is 4.98 Å². The van der Waals surface area contributed by atoms with Gasteiger partial charge in [0.25, 0.3) is 0 Å². The number of hydrogen-bond acceptors (Lipinski definition) is 3. The van der Waals surface area contributed by atoms with Crippen LogP contribution in [0.1, 0.15) is 25.0 Å². The van der Waals surface area contributed by atoms with Crippen LogP contribution >= 0.6 is 0 Å². The van der Waals surface area contributed by atoms with Crippen molar-refractivity contribution in [1.82, 2.24) is 4.98 Å². The van der Waals surface area contributed by atoms with Gasteiger partial charge >= 0.3 is 0 Å². The van der Waals surface area contributed by atoms with Crippen LogP contribution in [0.3, 0.4) is 0 Å². The molecule has 1 aliphatic carbocycles. The van der Waals surface area contributed by atoms with Crippen molar-refractivity contribution < 1.29 is 0 Å². The third-order valence-electron chi connectivity index (χ3n) is 10.8. The van der Waals surface area contributed by atoms with E-state index in [9.17, 15) is 0 Å². The number of pyridine rings is 1. The van der Waals surface area contributed by atoms with Crippen LogP contribution in [0, 0.1) is 0 Å². The van der Waals surface area contributed by atoms with E-state index < -0.39 is 0 Å². The molecule has 0 spiro atoms. The summed E-state index contributed by atoms with van der Waals surface area (Å²) in [6, 6.07) is 61.5. The van der Waals surface area contributed by atoms with Crippen molar-refractivity contribution in [3.05, 3.63) is 187 Å². The Morgan fingerprint density at radius 3 is 1.61 bits per heavy atom. The van der Waals surface area contributed by atoms with Crippen molar-refractivity contribution in [2.75, 3.05) is 9.80 Å². The topological polar surface area (TPSA) is 19.4 Å². The van der Waals surface area contributed by atoms with E-state index in [0.717, 1.165) is 34.3 Å². The molecular formula is C48H35N3. The van der Waals surface area contributed by atoms with Gasteiger partial charge in [0.15, 0.2) is 0 Å². The highest BCUT2D eigenvalue weighted by atomic mass is 15.2. The quantitative estimate of drug-likeness (QED) is 0.167. The number of rotatable bonds is 6. The highest BCUT2D eigenvalue weighted by Gasteiger charge is 2.38. The van der Waals surface area contributed by atoms with Crippen molar-refractivity contribution >= 4 is 66.6 Å². The number of nitrogens with zero attached hydrogens (tertiary/aromatic N) is 3. The molecule has 1 aromatic heterocycles. The number of para-hydroxylation sites is 2. The average Bonchev–Trinajstić information content (AvgIpc) is 3.43. The third-order valence-corrected chi connectivity index (χ3v) is 10.8. The van der Waals surface area contributed by atoms with Gasteiger partial charge in [0.1, 0.15) is 5.82 Å². The lowest BCUT2D eigenvalue weighted by atomic mass is 9.82. The molecule has 51 heavy (non-hydrogen) atoms. The highest BCUT2D eigenvalue weighted by Crippen LogP contribution is 2.55. The lowest BCUT2D eigenvalue weighted by Gasteiger charge is -2.30. The Bertz CT molecular complexity index is 2680. The summed E-state index contributed by atoms with van der Waals surface area (Å²) >= 11 is 0. The summed E-state index contributed by atoms with van der Waals surface area (Å²) in [5, 5.41) is 7.40. The van der Waals surface area contributed by atoms with Crippen molar-refractivity contribution in [2.45, 2.75) is 19.3 Å². The molecule has 3 heteroatoms. The van der Waals surface area contributed by atoms with Crippen LogP contribution in [0.4, 0.5) is 34.3 Å². The molecule has 3 nitrogen and oxygen atoms in total. The first kappa shape index (κ1) is 29.5. The Hall–Kier alpha value is -6.45. The first-order chi connectivity index (χ1) is 25.1. The number of aromatic nitrogens is 1. The SMILES string of the molecule is CC1(C)c2ccccc2-c2c(N(c3ccccn3)c3ccc4ccc5c(N(c6ccccc6)c6ccccc6)ccc6ccc3c4c65)cccc21. The fourth-order valence-corrected chi connectivity index (χ4v) is 8.53. The summed E-state index contributed by atoms with van der Waals surface area (Å²) < 4.78 is 0. The molecular weight excluding hydrogens is 619 g/mol. The van der Waals surface area contributed by atoms with Crippen molar-refractivity contribution in [2.24, 2.45) is 0 Å². The monoisotopic (exact) mass is 653 g/mol. The molecule has 0 aliphatic heterocycles. The van der Waals surface area contributed by atoms with Gasteiger partial charge in [-0.15, -0.1) is 0 Å². The van der Waals surface area contributed by atoms with E-state index >= 15 is 0 Å². The molecule has 9 aromatic rings. The molecule has 1 heterocycles. The van der Waals surface area contributed by atoms with Crippen LogP contribution in [-0.2, 0) is 5.41 Å². The summed E-state index contributed by atoms with van der Waals surface area (Å²) in [6.07, 6.45) is 1.90. The second kappa shape index (κ2) is 11.3. The van der Waals surface area contributed by atoms with E-state index in [4.69, 9.17) is 4.98 Å². The zero-order chi connectivity index (χ0) is 34.1. The second-order valence-corrected chi connectivity index (χ2v) is 14.0.